The summed E-state index contributed by atoms with van der Waals surface area (Å²) in [5.41, 5.74) is 4.39. The van der Waals surface area contributed by atoms with Gasteiger partial charge in [0, 0.05) is 43.5 Å². The Bertz CT molecular complexity index is 2040. The van der Waals surface area contributed by atoms with Crippen molar-refractivity contribution in [1.82, 2.24) is 0 Å². The van der Waals surface area contributed by atoms with E-state index < -0.39 is 35.5 Å². The molecule has 0 spiro atoms. The lowest BCUT2D eigenvalue weighted by molar-refractivity contribution is -0.126. The Morgan fingerprint density at radius 2 is 1.17 bits per heavy atom. The van der Waals surface area contributed by atoms with Crippen LogP contribution in [0.15, 0.2) is 72.3 Å². The van der Waals surface area contributed by atoms with Gasteiger partial charge >= 0.3 is 0 Å². The minimum Gasteiger partial charge on any atom is -0.503 e. The van der Waals surface area contributed by atoms with E-state index in [1.165, 1.54) is 16.9 Å². The molecule has 4 heterocycles. The van der Waals surface area contributed by atoms with Crippen LogP contribution in [0.5, 0.6) is 11.5 Å². The fourth-order valence-corrected chi connectivity index (χ4v) is 9.89. The number of allylic oxidation sites excluding steroid dienone is 2. The summed E-state index contributed by atoms with van der Waals surface area (Å²) in [6, 6.07) is 18.2. The Hall–Kier alpha value is -4.91. The molecule has 13 heteroatoms. The molecule has 0 aromatic heterocycles. The number of imide groups is 2. The highest BCUT2D eigenvalue weighted by atomic mass is 35.5. The lowest BCUT2D eigenvalue weighted by Crippen LogP contribution is -2.43. The van der Waals surface area contributed by atoms with E-state index in [9.17, 15) is 24.3 Å². The quantitative estimate of drug-likeness (QED) is 0.278. The molecule has 280 valence electrons. The molecule has 4 aliphatic heterocycles. The minimum atomic E-state index is -0.795. The van der Waals surface area contributed by atoms with Crippen LogP contribution >= 0.6 is 11.6 Å². The highest BCUT2D eigenvalue weighted by Gasteiger charge is 2.62. The van der Waals surface area contributed by atoms with Gasteiger partial charge in [-0.3, -0.25) is 29.0 Å². The van der Waals surface area contributed by atoms with E-state index in [1.807, 2.05) is 42.5 Å². The number of carbonyl (C=O) groups excluding carboxylic acids is 4. The molecule has 6 atom stereocenters. The number of fused-ring (bicyclic) bond motifs is 4. The first-order chi connectivity index (χ1) is 26.2. The SMILES string of the molecule is COc1cc([C@H]2C3=CC[C@@H]4C(=O)N(c5ccc(N6CCOCC6)cc5)C(=O)[C@@H]4[C@@H]3C[C@H]3C(=O)N(c4ccc(N5CCOCC5)cc4)C(=O)[C@@H]23)cc(Cl)c1O. The average Bonchev–Trinajstić information content (AvgIpc) is 3.62. The number of rotatable bonds is 6. The van der Waals surface area contributed by atoms with E-state index in [0.717, 1.165) is 43.1 Å². The van der Waals surface area contributed by atoms with E-state index >= 15 is 0 Å². The first-order valence-corrected chi connectivity index (χ1v) is 19.0. The number of anilines is 4. The zero-order chi connectivity index (χ0) is 37.2. The third-order valence-electron chi connectivity index (χ3n) is 12.2. The van der Waals surface area contributed by atoms with E-state index in [4.69, 9.17) is 25.8 Å². The molecule has 0 unspecified atom stereocenters. The van der Waals surface area contributed by atoms with Crippen LogP contribution in [-0.2, 0) is 28.7 Å². The van der Waals surface area contributed by atoms with Crippen LogP contribution in [0.4, 0.5) is 22.7 Å². The van der Waals surface area contributed by atoms with Crippen LogP contribution in [-0.4, -0.2) is 88.5 Å². The second kappa shape index (κ2) is 13.7. The standard InChI is InChI=1S/C41H41ClN4O8/c1-52-33-21-23(20-32(42)37(33)47)34-28-10-11-29-35(40(50)45(38(29)48)26-6-2-24(3-7-26)43-12-16-53-17-13-43)30(28)22-31-36(34)41(51)46(39(31)49)27-8-4-25(5-9-27)44-14-18-54-19-15-44/h2-10,20-21,29-31,34-36,47H,11-19,22H2,1H3/t29-,30+,31+,34-,35-,36+/m0/s1. The summed E-state index contributed by atoms with van der Waals surface area (Å²) in [5, 5.41) is 10.7. The lowest BCUT2D eigenvalue weighted by atomic mass is 9.57. The number of methoxy groups -OCH3 is 1. The number of morpholine rings is 2. The number of carbonyl (C=O) groups is 4. The number of ether oxygens (including phenoxy) is 3. The van der Waals surface area contributed by atoms with Crippen molar-refractivity contribution in [2.75, 3.05) is 79.3 Å². The van der Waals surface area contributed by atoms with Crippen molar-refractivity contribution in [3.05, 3.63) is 82.9 Å². The molecule has 12 nitrogen and oxygen atoms in total. The molecule has 0 radical (unpaired) electrons. The van der Waals surface area contributed by atoms with Crippen molar-refractivity contribution in [2.45, 2.75) is 18.8 Å². The van der Waals surface area contributed by atoms with Gasteiger partial charge in [-0.25, -0.2) is 0 Å². The maximum Gasteiger partial charge on any atom is 0.238 e. The molecule has 4 saturated heterocycles. The molecule has 2 aliphatic carbocycles. The number of amides is 4. The van der Waals surface area contributed by atoms with Crippen molar-refractivity contribution in [3.8, 4) is 11.5 Å². The van der Waals surface area contributed by atoms with Crippen LogP contribution in [0.3, 0.4) is 0 Å². The van der Waals surface area contributed by atoms with Crippen molar-refractivity contribution in [2.24, 2.45) is 29.6 Å². The predicted octanol–water partition coefficient (Wildman–Crippen LogP) is 4.77. The van der Waals surface area contributed by atoms with Crippen molar-refractivity contribution >= 4 is 58.0 Å². The number of nitrogens with zero attached hydrogens (tertiary/aromatic N) is 4. The zero-order valence-corrected chi connectivity index (χ0v) is 30.6. The number of phenols is 1. The summed E-state index contributed by atoms with van der Waals surface area (Å²) in [5.74, 6) is -5.33. The normalized spacial score (nSPS) is 28.2. The number of hydrogen-bond acceptors (Lipinski definition) is 10. The van der Waals surface area contributed by atoms with Crippen molar-refractivity contribution < 1.29 is 38.5 Å². The summed E-state index contributed by atoms with van der Waals surface area (Å²) in [6.07, 6.45) is 2.55. The van der Waals surface area contributed by atoms with Crippen molar-refractivity contribution in [1.29, 1.82) is 0 Å². The largest absolute Gasteiger partial charge is 0.503 e. The minimum absolute atomic E-state index is 0.0449. The molecule has 3 aromatic carbocycles. The van der Waals surface area contributed by atoms with Gasteiger partial charge in [0.1, 0.15) is 0 Å². The van der Waals surface area contributed by atoms with E-state index in [1.54, 1.807) is 24.3 Å². The van der Waals surface area contributed by atoms with Gasteiger partial charge in [0.15, 0.2) is 11.5 Å². The smallest absolute Gasteiger partial charge is 0.238 e. The predicted molar refractivity (Wildman–Crippen MR) is 201 cm³/mol. The Morgan fingerprint density at radius 3 is 1.70 bits per heavy atom. The summed E-state index contributed by atoms with van der Waals surface area (Å²) < 4.78 is 16.5. The van der Waals surface area contributed by atoms with E-state index in [2.05, 4.69) is 9.80 Å². The second-order valence-corrected chi connectivity index (χ2v) is 15.2. The molecule has 5 fully saturated rings. The molecule has 0 bridgehead atoms. The summed E-state index contributed by atoms with van der Waals surface area (Å²) in [6.45, 7) is 5.59. The Morgan fingerprint density at radius 1 is 0.667 bits per heavy atom. The number of halogens is 1. The molecular weight excluding hydrogens is 712 g/mol. The van der Waals surface area contributed by atoms with Crippen LogP contribution in [0.1, 0.15) is 24.3 Å². The van der Waals surface area contributed by atoms with Crippen LogP contribution in [0, 0.1) is 29.6 Å². The van der Waals surface area contributed by atoms with Gasteiger partial charge in [-0.05, 0) is 85.0 Å². The Labute approximate surface area is 317 Å². The molecule has 1 saturated carbocycles. The summed E-state index contributed by atoms with van der Waals surface area (Å²) in [4.78, 5) is 64.8. The lowest BCUT2D eigenvalue weighted by Gasteiger charge is -2.44. The highest BCUT2D eigenvalue weighted by Crippen LogP contribution is 2.59. The Balaban J connectivity index is 1.07. The first-order valence-electron chi connectivity index (χ1n) is 18.6. The number of benzene rings is 3. The van der Waals surface area contributed by atoms with Gasteiger partial charge in [0.25, 0.3) is 0 Å². The average molecular weight is 753 g/mol. The second-order valence-electron chi connectivity index (χ2n) is 14.8. The van der Waals surface area contributed by atoms with E-state index in [-0.39, 0.29) is 46.6 Å². The molecule has 6 aliphatic rings. The summed E-state index contributed by atoms with van der Waals surface area (Å²) in [7, 11) is 1.42. The number of phenolic OH excluding ortho intramolecular Hbond substituents is 1. The molecule has 4 amide bonds. The fourth-order valence-electron chi connectivity index (χ4n) is 9.67. The molecule has 54 heavy (non-hydrogen) atoms. The fraction of sp³-hybridized carbons (Fsp3) is 0.415. The zero-order valence-electron chi connectivity index (χ0n) is 29.9. The molecular formula is C41H41ClN4O8. The van der Waals surface area contributed by atoms with Crippen LogP contribution in [0.2, 0.25) is 5.02 Å². The van der Waals surface area contributed by atoms with Gasteiger partial charge in [-0.15, -0.1) is 0 Å². The molecule has 3 aromatic rings. The van der Waals surface area contributed by atoms with Gasteiger partial charge in [-0.1, -0.05) is 23.3 Å². The summed E-state index contributed by atoms with van der Waals surface area (Å²) >= 11 is 6.54. The monoisotopic (exact) mass is 752 g/mol. The van der Waals surface area contributed by atoms with Gasteiger partial charge in [0.2, 0.25) is 23.6 Å². The maximum absolute atomic E-state index is 14.6. The highest BCUT2D eigenvalue weighted by molar-refractivity contribution is 6.32. The number of hydrogen-bond donors (Lipinski definition) is 1. The maximum atomic E-state index is 14.6. The molecule has 1 N–H and O–H groups in total. The van der Waals surface area contributed by atoms with Gasteiger partial charge < -0.3 is 29.1 Å². The third kappa shape index (κ3) is 5.56. The van der Waals surface area contributed by atoms with E-state index in [0.29, 0.717) is 49.8 Å². The van der Waals surface area contributed by atoms with Gasteiger partial charge in [-0.2, -0.15) is 0 Å². The number of aromatic hydroxyl groups is 1. The van der Waals surface area contributed by atoms with Crippen molar-refractivity contribution in [3.63, 3.8) is 0 Å². The van der Waals surface area contributed by atoms with Gasteiger partial charge in [0.05, 0.1) is 73.6 Å². The third-order valence-corrected chi connectivity index (χ3v) is 12.5. The Kier molecular flexibility index (Phi) is 8.86. The molecule has 9 rings (SSSR count). The van der Waals surface area contributed by atoms with Crippen LogP contribution < -0.4 is 24.3 Å². The van der Waals surface area contributed by atoms with Crippen LogP contribution in [0.25, 0.3) is 0 Å². The first kappa shape index (κ1) is 34.8. The topological polar surface area (TPSA) is 129 Å².